The highest BCUT2D eigenvalue weighted by molar-refractivity contribution is 5.36. The summed E-state index contributed by atoms with van der Waals surface area (Å²) in [5, 5.41) is 0. The summed E-state index contributed by atoms with van der Waals surface area (Å²) in [5.41, 5.74) is 5.33. The molecule has 0 amide bonds. The van der Waals surface area contributed by atoms with E-state index in [4.69, 9.17) is 4.74 Å². The van der Waals surface area contributed by atoms with E-state index in [-0.39, 0.29) is 6.04 Å². The third-order valence-electron chi connectivity index (χ3n) is 5.27. The molecular formula is C23H26N2O. The van der Waals surface area contributed by atoms with Gasteiger partial charge in [-0.1, -0.05) is 42.0 Å². The summed E-state index contributed by atoms with van der Waals surface area (Å²) in [7, 11) is 1.74. The highest BCUT2D eigenvalue weighted by Crippen LogP contribution is 2.34. The minimum absolute atomic E-state index is 0.240. The van der Waals surface area contributed by atoms with Crippen LogP contribution < -0.4 is 4.74 Å². The van der Waals surface area contributed by atoms with Gasteiger partial charge in [-0.05, 0) is 48.7 Å². The second-order valence-corrected chi connectivity index (χ2v) is 7.12. The standard InChI is InChI=1S/C23H26N2O/c1-18-9-11-19(12-10-18)17-25-15-5-14-24-13-4-8-22(24)23(25)20-6-3-7-21(16-20)26-2/h3-4,6-13,16,23H,5,14-15,17H2,1-2H3/t23-/m0/s1. The van der Waals surface area contributed by atoms with Gasteiger partial charge in [0.15, 0.2) is 0 Å². The van der Waals surface area contributed by atoms with Crippen LogP contribution in [0.5, 0.6) is 5.75 Å². The van der Waals surface area contributed by atoms with Crippen molar-refractivity contribution in [1.82, 2.24) is 9.47 Å². The second-order valence-electron chi connectivity index (χ2n) is 7.12. The molecule has 0 aliphatic carbocycles. The molecule has 1 aliphatic heterocycles. The molecule has 0 radical (unpaired) electrons. The maximum Gasteiger partial charge on any atom is 0.119 e. The number of hydrogen-bond acceptors (Lipinski definition) is 2. The van der Waals surface area contributed by atoms with Crippen LogP contribution in [0.25, 0.3) is 0 Å². The van der Waals surface area contributed by atoms with E-state index < -0.39 is 0 Å². The molecule has 1 atom stereocenters. The fourth-order valence-electron chi connectivity index (χ4n) is 3.93. The predicted molar refractivity (Wildman–Crippen MR) is 105 cm³/mol. The van der Waals surface area contributed by atoms with E-state index in [0.717, 1.165) is 31.8 Å². The Morgan fingerprint density at radius 1 is 1.00 bits per heavy atom. The molecule has 0 saturated heterocycles. The Labute approximate surface area is 155 Å². The molecule has 0 saturated carbocycles. The zero-order valence-corrected chi connectivity index (χ0v) is 15.6. The molecule has 0 N–H and O–H groups in total. The molecule has 0 spiro atoms. The van der Waals surface area contributed by atoms with Crippen LogP contribution in [-0.4, -0.2) is 23.1 Å². The Hall–Kier alpha value is -2.52. The molecule has 26 heavy (non-hydrogen) atoms. The monoisotopic (exact) mass is 346 g/mol. The lowest BCUT2D eigenvalue weighted by atomic mass is 10.0. The number of fused-ring (bicyclic) bond motifs is 1. The lowest BCUT2D eigenvalue weighted by Gasteiger charge is -2.31. The Morgan fingerprint density at radius 3 is 2.65 bits per heavy atom. The van der Waals surface area contributed by atoms with Crippen molar-refractivity contribution < 1.29 is 4.74 Å². The van der Waals surface area contributed by atoms with Crippen molar-refractivity contribution in [2.45, 2.75) is 32.5 Å². The maximum atomic E-state index is 5.49. The van der Waals surface area contributed by atoms with Gasteiger partial charge in [-0.15, -0.1) is 0 Å². The van der Waals surface area contributed by atoms with Crippen molar-refractivity contribution in [3.05, 3.63) is 89.2 Å². The SMILES string of the molecule is COc1cccc([C@H]2c3cccn3CCCN2Cc2ccc(C)cc2)c1. The van der Waals surface area contributed by atoms with E-state index in [1.807, 2.05) is 6.07 Å². The van der Waals surface area contributed by atoms with Crippen LogP contribution in [0.2, 0.25) is 0 Å². The molecule has 0 fully saturated rings. The number of benzene rings is 2. The van der Waals surface area contributed by atoms with Gasteiger partial charge in [-0.25, -0.2) is 0 Å². The molecule has 3 aromatic rings. The number of rotatable bonds is 4. The molecule has 134 valence electrons. The average molecular weight is 346 g/mol. The first-order chi connectivity index (χ1) is 12.7. The van der Waals surface area contributed by atoms with Gasteiger partial charge < -0.3 is 9.30 Å². The predicted octanol–water partition coefficient (Wildman–Crippen LogP) is 4.80. The van der Waals surface area contributed by atoms with Gasteiger partial charge >= 0.3 is 0 Å². The van der Waals surface area contributed by atoms with E-state index in [1.54, 1.807) is 7.11 Å². The lowest BCUT2D eigenvalue weighted by molar-refractivity contribution is 0.220. The van der Waals surface area contributed by atoms with Gasteiger partial charge in [-0.2, -0.15) is 0 Å². The summed E-state index contributed by atoms with van der Waals surface area (Å²) < 4.78 is 7.89. The highest BCUT2D eigenvalue weighted by Gasteiger charge is 2.27. The third kappa shape index (κ3) is 3.40. The zero-order valence-electron chi connectivity index (χ0n) is 15.6. The van der Waals surface area contributed by atoms with E-state index in [9.17, 15) is 0 Å². The van der Waals surface area contributed by atoms with Gasteiger partial charge in [0, 0.05) is 31.5 Å². The molecule has 1 aromatic heterocycles. The fraction of sp³-hybridized carbons (Fsp3) is 0.304. The Balaban J connectivity index is 1.73. The molecule has 3 nitrogen and oxygen atoms in total. The minimum atomic E-state index is 0.240. The van der Waals surface area contributed by atoms with E-state index >= 15 is 0 Å². The fourth-order valence-corrected chi connectivity index (χ4v) is 3.93. The van der Waals surface area contributed by atoms with Gasteiger partial charge in [0.25, 0.3) is 0 Å². The van der Waals surface area contributed by atoms with Gasteiger partial charge in [-0.3, -0.25) is 4.90 Å². The van der Waals surface area contributed by atoms with E-state index in [0.29, 0.717) is 0 Å². The van der Waals surface area contributed by atoms with E-state index in [2.05, 4.69) is 77.2 Å². The molecule has 0 bridgehead atoms. The van der Waals surface area contributed by atoms with E-state index in [1.165, 1.54) is 22.4 Å². The van der Waals surface area contributed by atoms with Crippen molar-refractivity contribution in [2.24, 2.45) is 0 Å². The first kappa shape index (κ1) is 16.9. The molecule has 0 unspecified atom stereocenters. The van der Waals surface area contributed by atoms with Crippen LogP contribution in [0.3, 0.4) is 0 Å². The van der Waals surface area contributed by atoms with Crippen molar-refractivity contribution in [2.75, 3.05) is 13.7 Å². The molecule has 1 aliphatic rings. The summed E-state index contributed by atoms with van der Waals surface area (Å²) in [5.74, 6) is 0.917. The zero-order chi connectivity index (χ0) is 17.9. The van der Waals surface area contributed by atoms with Crippen LogP contribution in [0.1, 0.15) is 34.8 Å². The molecule has 2 heterocycles. The average Bonchev–Trinajstić information content (AvgIpc) is 3.05. The number of nitrogens with zero attached hydrogens (tertiary/aromatic N) is 2. The smallest absolute Gasteiger partial charge is 0.119 e. The van der Waals surface area contributed by atoms with Crippen LogP contribution >= 0.6 is 0 Å². The Kier molecular flexibility index (Phi) is 4.81. The molecular weight excluding hydrogens is 320 g/mol. The highest BCUT2D eigenvalue weighted by atomic mass is 16.5. The number of aromatic nitrogens is 1. The van der Waals surface area contributed by atoms with Crippen LogP contribution in [0, 0.1) is 6.92 Å². The summed E-state index contributed by atoms with van der Waals surface area (Å²) in [4.78, 5) is 2.60. The van der Waals surface area contributed by atoms with Crippen LogP contribution in [-0.2, 0) is 13.1 Å². The number of ether oxygens (including phenoxy) is 1. The summed E-state index contributed by atoms with van der Waals surface area (Å²) in [6, 6.07) is 22.1. The minimum Gasteiger partial charge on any atom is -0.497 e. The Morgan fingerprint density at radius 2 is 1.85 bits per heavy atom. The van der Waals surface area contributed by atoms with Gasteiger partial charge in [0.05, 0.1) is 13.2 Å². The quantitative estimate of drug-likeness (QED) is 0.675. The number of methoxy groups -OCH3 is 1. The number of aryl methyl sites for hydroxylation is 2. The topological polar surface area (TPSA) is 17.4 Å². The maximum absolute atomic E-state index is 5.49. The lowest BCUT2D eigenvalue weighted by Crippen LogP contribution is -2.29. The molecule has 2 aromatic carbocycles. The van der Waals surface area contributed by atoms with Crippen molar-refractivity contribution in [1.29, 1.82) is 0 Å². The summed E-state index contributed by atoms with van der Waals surface area (Å²) >= 11 is 0. The Bertz CT molecular complexity index is 866. The van der Waals surface area contributed by atoms with Crippen molar-refractivity contribution >= 4 is 0 Å². The first-order valence-electron chi connectivity index (χ1n) is 9.33. The summed E-state index contributed by atoms with van der Waals surface area (Å²) in [6.45, 7) is 5.25. The normalized spacial score (nSPS) is 17.5. The van der Waals surface area contributed by atoms with Crippen molar-refractivity contribution in [3.8, 4) is 5.75 Å². The van der Waals surface area contributed by atoms with Gasteiger partial charge in [0.1, 0.15) is 5.75 Å². The van der Waals surface area contributed by atoms with Gasteiger partial charge in [0.2, 0.25) is 0 Å². The first-order valence-corrected chi connectivity index (χ1v) is 9.33. The third-order valence-corrected chi connectivity index (χ3v) is 5.27. The number of hydrogen-bond donors (Lipinski definition) is 0. The van der Waals surface area contributed by atoms with Crippen LogP contribution in [0.4, 0.5) is 0 Å². The second kappa shape index (κ2) is 7.38. The van der Waals surface area contributed by atoms with Crippen LogP contribution in [0.15, 0.2) is 66.9 Å². The largest absolute Gasteiger partial charge is 0.497 e. The van der Waals surface area contributed by atoms with Crippen molar-refractivity contribution in [3.63, 3.8) is 0 Å². The molecule has 3 heteroatoms. The molecule has 4 rings (SSSR count). The summed E-state index contributed by atoms with van der Waals surface area (Å²) in [6.07, 6.45) is 3.37.